The molecular weight excluding hydrogens is 180 g/mol. The highest BCUT2D eigenvalue weighted by Crippen LogP contribution is 2.08. The third kappa shape index (κ3) is 1.10. The lowest BCUT2D eigenvalue weighted by molar-refractivity contribution is 0.969. The molecule has 0 aliphatic carbocycles. The first-order valence-corrected chi connectivity index (χ1v) is 4.18. The van der Waals surface area contributed by atoms with Crippen molar-refractivity contribution in [3.8, 4) is 0 Å². The number of fused-ring (bicyclic) bond motifs is 1. The van der Waals surface area contributed by atoms with Gasteiger partial charge in [0.05, 0.1) is 11.0 Å². The molecule has 0 bridgehead atoms. The van der Waals surface area contributed by atoms with Gasteiger partial charge >= 0.3 is 5.56 Å². The zero-order valence-electron chi connectivity index (χ0n) is 7.69. The maximum absolute atomic E-state index is 11.5. The van der Waals surface area contributed by atoms with E-state index in [-0.39, 0.29) is 11.4 Å². The molecule has 0 spiro atoms. The fourth-order valence-corrected chi connectivity index (χ4v) is 1.32. The Balaban J connectivity index is 2.92. The minimum atomic E-state index is -0.328. The highest BCUT2D eigenvalue weighted by Gasteiger charge is 2.05. The Bertz CT molecular complexity index is 532. The van der Waals surface area contributed by atoms with E-state index >= 15 is 0 Å². The Morgan fingerprint density at radius 2 is 2.14 bits per heavy atom. The molecule has 0 radical (unpaired) electrons. The number of nitrogens with one attached hydrogen (secondary N) is 1. The standard InChI is InChI=1S/C9H10N4O/c1-11-8-9(14)13(10)7-5-3-2-4-6(7)12-8/h2-5H,10H2,1H3,(H,11,12). The second kappa shape index (κ2) is 3.02. The van der Waals surface area contributed by atoms with Gasteiger partial charge in [-0.15, -0.1) is 0 Å². The van der Waals surface area contributed by atoms with Crippen LogP contribution in [0, 0.1) is 0 Å². The van der Waals surface area contributed by atoms with E-state index in [1.165, 1.54) is 0 Å². The zero-order valence-corrected chi connectivity index (χ0v) is 7.69. The molecule has 3 N–H and O–H groups in total. The number of para-hydroxylation sites is 2. The quantitative estimate of drug-likeness (QED) is 0.628. The Kier molecular flexibility index (Phi) is 1.85. The molecule has 0 saturated heterocycles. The first-order valence-electron chi connectivity index (χ1n) is 4.18. The van der Waals surface area contributed by atoms with Gasteiger partial charge in [-0.3, -0.25) is 4.79 Å². The van der Waals surface area contributed by atoms with Crippen LogP contribution in [0.25, 0.3) is 11.0 Å². The van der Waals surface area contributed by atoms with Gasteiger partial charge in [-0.05, 0) is 12.1 Å². The van der Waals surface area contributed by atoms with Crippen LogP contribution in [0.4, 0.5) is 5.82 Å². The van der Waals surface area contributed by atoms with Crippen LogP contribution in [0.5, 0.6) is 0 Å². The monoisotopic (exact) mass is 190 g/mol. The van der Waals surface area contributed by atoms with Crippen LogP contribution >= 0.6 is 0 Å². The lowest BCUT2D eigenvalue weighted by Gasteiger charge is -2.06. The fourth-order valence-electron chi connectivity index (χ4n) is 1.32. The summed E-state index contributed by atoms with van der Waals surface area (Å²) >= 11 is 0. The van der Waals surface area contributed by atoms with Crippen LogP contribution < -0.4 is 16.7 Å². The van der Waals surface area contributed by atoms with Crippen LogP contribution in [-0.4, -0.2) is 16.7 Å². The molecule has 72 valence electrons. The van der Waals surface area contributed by atoms with Gasteiger partial charge < -0.3 is 11.2 Å². The Morgan fingerprint density at radius 1 is 1.43 bits per heavy atom. The molecule has 2 rings (SSSR count). The van der Waals surface area contributed by atoms with Gasteiger partial charge in [-0.2, -0.15) is 0 Å². The third-order valence-electron chi connectivity index (χ3n) is 2.03. The van der Waals surface area contributed by atoms with Gasteiger partial charge in [0.25, 0.3) is 0 Å². The molecule has 5 heteroatoms. The van der Waals surface area contributed by atoms with Crippen molar-refractivity contribution in [3.05, 3.63) is 34.6 Å². The van der Waals surface area contributed by atoms with E-state index in [9.17, 15) is 4.79 Å². The maximum Gasteiger partial charge on any atom is 0.311 e. The normalized spacial score (nSPS) is 10.4. The molecule has 5 nitrogen and oxygen atoms in total. The first kappa shape index (κ1) is 8.55. The van der Waals surface area contributed by atoms with Gasteiger partial charge in [-0.25, -0.2) is 9.66 Å². The average Bonchev–Trinajstić information content (AvgIpc) is 2.23. The van der Waals surface area contributed by atoms with Gasteiger partial charge in [-0.1, -0.05) is 12.1 Å². The van der Waals surface area contributed by atoms with E-state index in [1.807, 2.05) is 12.1 Å². The highest BCUT2D eigenvalue weighted by molar-refractivity contribution is 5.76. The zero-order chi connectivity index (χ0) is 10.1. The second-order valence-electron chi connectivity index (χ2n) is 2.87. The molecule has 0 amide bonds. The number of nitrogen functional groups attached to an aromatic ring is 1. The summed E-state index contributed by atoms with van der Waals surface area (Å²) in [7, 11) is 1.64. The largest absolute Gasteiger partial charge is 0.368 e. The van der Waals surface area contributed by atoms with E-state index in [4.69, 9.17) is 5.84 Å². The molecule has 0 saturated carbocycles. The van der Waals surface area contributed by atoms with Crippen molar-refractivity contribution in [1.29, 1.82) is 0 Å². The van der Waals surface area contributed by atoms with Crippen LogP contribution in [0.15, 0.2) is 29.1 Å². The van der Waals surface area contributed by atoms with E-state index in [0.717, 1.165) is 4.68 Å². The van der Waals surface area contributed by atoms with E-state index in [2.05, 4.69) is 10.3 Å². The first-order chi connectivity index (χ1) is 6.74. The molecule has 2 aromatic rings. The number of benzene rings is 1. The second-order valence-corrected chi connectivity index (χ2v) is 2.87. The smallest absolute Gasteiger partial charge is 0.311 e. The summed E-state index contributed by atoms with van der Waals surface area (Å²) in [6, 6.07) is 7.22. The molecule has 1 aromatic carbocycles. The Morgan fingerprint density at radius 3 is 2.86 bits per heavy atom. The summed E-state index contributed by atoms with van der Waals surface area (Å²) < 4.78 is 1.09. The SMILES string of the molecule is CNc1nc2ccccc2n(N)c1=O. The van der Waals surface area contributed by atoms with Crippen molar-refractivity contribution in [2.24, 2.45) is 0 Å². The third-order valence-corrected chi connectivity index (χ3v) is 2.03. The van der Waals surface area contributed by atoms with Gasteiger partial charge in [0.2, 0.25) is 0 Å². The number of hydrogen-bond acceptors (Lipinski definition) is 4. The summed E-state index contributed by atoms with van der Waals surface area (Å²) in [5, 5.41) is 2.70. The summed E-state index contributed by atoms with van der Waals surface area (Å²) in [5.74, 6) is 5.87. The van der Waals surface area contributed by atoms with E-state index in [1.54, 1.807) is 19.2 Å². The number of anilines is 1. The molecule has 0 unspecified atom stereocenters. The minimum absolute atomic E-state index is 0.256. The van der Waals surface area contributed by atoms with Crippen molar-refractivity contribution < 1.29 is 0 Å². The minimum Gasteiger partial charge on any atom is -0.368 e. The van der Waals surface area contributed by atoms with Crippen LogP contribution in [0.1, 0.15) is 0 Å². The number of aromatic nitrogens is 2. The van der Waals surface area contributed by atoms with E-state index < -0.39 is 0 Å². The number of rotatable bonds is 1. The Hall–Kier alpha value is -2.04. The predicted molar refractivity (Wildman–Crippen MR) is 55.7 cm³/mol. The van der Waals surface area contributed by atoms with Gasteiger partial charge in [0, 0.05) is 7.05 Å². The summed E-state index contributed by atoms with van der Waals surface area (Å²) in [6.45, 7) is 0. The molecule has 0 fully saturated rings. The average molecular weight is 190 g/mol. The molecule has 0 atom stereocenters. The number of nitrogens with two attached hydrogens (primary N) is 1. The summed E-state index contributed by atoms with van der Waals surface area (Å²) in [5.41, 5.74) is 0.988. The molecular formula is C9H10N4O. The van der Waals surface area contributed by atoms with Crippen molar-refractivity contribution in [1.82, 2.24) is 9.66 Å². The van der Waals surface area contributed by atoms with Crippen molar-refractivity contribution in [2.45, 2.75) is 0 Å². The fraction of sp³-hybridized carbons (Fsp3) is 0.111. The number of hydrogen-bond donors (Lipinski definition) is 2. The molecule has 0 aliphatic rings. The summed E-state index contributed by atoms with van der Waals surface area (Å²) in [4.78, 5) is 15.7. The molecule has 0 aliphatic heterocycles. The Labute approximate surface area is 80.1 Å². The number of nitrogens with zero attached hydrogens (tertiary/aromatic N) is 2. The predicted octanol–water partition coefficient (Wildman–Crippen LogP) is 0.152. The van der Waals surface area contributed by atoms with Crippen molar-refractivity contribution in [2.75, 3.05) is 18.2 Å². The topological polar surface area (TPSA) is 72.9 Å². The van der Waals surface area contributed by atoms with Gasteiger partial charge in [0.15, 0.2) is 5.82 Å². The van der Waals surface area contributed by atoms with Crippen molar-refractivity contribution in [3.63, 3.8) is 0 Å². The van der Waals surface area contributed by atoms with Crippen LogP contribution in [0.3, 0.4) is 0 Å². The highest BCUT2D eigenvalue weighted by atomic mass is 16.1. The lowest BCUT2D eigenvalue weighted by atomic mass is 10.3. The molecule has 1 aromatic heterocycles. The summed E-state index contributed by atoms with van der Waals surface area (Å²) in [6.07, 6.45) is 0. The van der Waals surface area contributed by atoms with Crippen molar-refractivity contribution >= 4 is 16.9 Å². The lowest BCUT2D eigenvalue weighted by Crippen LogP contribution is -2.30. The van der Waals surface area contributed by atoms with Gasteiger partial charge in [0.1, 0.15) is 0 Å². The van der Waals surface area contributed by atoms with Crippen LogP contribution in [0.2, 0.25) is 0 Å². The van der Waals surface area contributed by atoms with Crippen LogP contribution in [-0.2, 0) is 0 Å². The molecule has 1 heterocycles. The molecule has 14 heavy (non-hydrogen) atoms. The van der Waals surface area contributed by atoms with E-state index in [0.29, 0.717) is 11.0 Å². The maximum atomic E-state index is 11.5.